The molecule has 1 N–H and O–H groups in total. The van der Waals surface area contributed by atoms with Crippen LogP contribution in [0.4, 0.5) is 5.69 Å². The molecule has 0 unspecified atom stereocenters. The molecular formula is C23H20N4O8. The van der Waals surface area contributed by atoms with Crippen molar-refractivity contribution in [3.63, 3.8) is 0 Å². The molecule has 1 aliphatic heterocycles. The molecule has 0 saturated carbocycles. The van der Waals surface area contributed by atoms with Crippen molar-refractivity contribution in [1.82, 2.24) is 14.5 Å². The second-order valence-electron chi connectivity index (χ2n) is 8.01. The zero-order valence-electron chi connectivity index (χ0n) is 18.5. The lowest BCUT2D eigenvalue weighted by molar-refractivity contribution is -0.384. The molecule has 3 atom stereocenters. The van der Waals surface area contributed by atoms with Crippen molar-refractivity contribution in [3.05, 3.63) is 91.2 Å². The first-order valence-corrected chi connectivity index (χ1v) is 10.7. The fourth-order valence-corrected chi connectivity index (χ4v) is 3.83. The molecule has 2 aromatic heterocycles. The van der Waals surface area contributed by atoms with Crippen molar-refractivity contribution in [2.24, 2.45) is 0 Å². The molecule has 180 valence electrons. The maximum atomic E-state index is 12.4. The van der Waals surface area contributed by atoms with Gasteiger partial charge in [-0.2, -0.15) is 4.98 Å². The van der Waals surface area contributed by atoms with Crippen LogP contribution in [-0.4, -0.2) is 38.3 Å². The summed E-state index contributed by atoms with van der Waals surface area (Å²) < 4.78 is 24.7. The van der Waals surface area contributed by atoms with Crippen LogP contribution in [-0.2, 0) is 4.74 Å². The van der Waals surface area contributed by atoms with Crippen LogP contribution in [0.3, 0.4) is 0 Å². The minimum Gasteiger partial charge on any atom is -0.487 e. The predicted octanol–water partition coefficient (Wildman–Crippen LogP) is 2.71. The molecule has 1 saturated heterocycles. The van der Waals surface area contributed by atoms with E-state index in [1.165, 1.54) is 35.0 Å². The maximum absolute atomic E-state index is 12.4. The number of aromatic nitrogens is 3. The third-order valence-corrected chi connectivity index (χ3v) is 5.62. The van der Waals surface area contributed by atoms with E-state index >= 15 is 0 Å². The molecule has 5 rings (SSSR count). The lowest BCUT2D eigenvalue weighted by Crippen LogP contribution is -2.34. The molecule has 2 aromatic carbocycles. The zero-order valence-corrected chi connectivity index (χ0v) is 18.5. The first kappa shape index (κ1) is 22.3. The number of non-ortho nitro benzene ring substituents is 1. The molecule has 12 heteroatoms. The third kappa shape index (κ3) is 4.64. The molecule has 0 radical (unpaired) electrons. The van der Waals surface area contributed by atoms with Gasteiger partial charge in [0.2, 0.25) is 0 Å². The normalized spacial score (nSPS) is 19.6. The van der Waals surface area contributed by atoms with Gasteiger partial charge in [0.25, 0.3) is 11.2 Å². The number of H-pyrrole nitrogens is 1. The second-order valence-corrected chi connectivity index (χ2v) is 8.01. The average molecular weight is 480 g/mol. The third-order valence-electron chi connectivity index (χ3n) is 5.62. The average Bonchev–Trinajstić information content (AvgIpc) is 3.44. The number of nitrogens with zero attached hydrogens (tertiary/aromatic N) is 3. The first-order chi connectivity index (χ1) is 16.9. The Morgan fingerprint density at radius 3 is 2.71 bits per heavy atom. The van der Waals surface area contributed by atoms with E-state index in [0.29, 0.717) is 22.4 Å². The van der Waals surface area contributed by atoms with Crippen LogP contribution in [0.25, 0.3) is 11.1 Å². The first-order valence-electron chi connectivity index (χ1n) is 10.7. The van der Waals surface area contributed by atoms with Crippen molar-refractivity contribution >= 4 is 16.8 Å². The standard InChI is InChI=1S/C23H20N4O8/c1-13-11-26(22(29)25-21(13)28)20-10-18(33-15-8-6-14(7-9-15)27(30)31)19(34-20)12-32-23-24-16-4-2-3-5-17(16)35-23/h2-9,11,18-20H,10,12H2,1H3,(H,25,28,29)/t18-,19+,20+/m0/s1. The molecule has 12 nitrogen and oxygen atoms in total. The van der Waals surface area contributed by atoms with Gasteiger partial charge in [-0.05, 0) is 31.2 Å². The van der Waals surface area contributed by atoms with E-state index in [9.17, 15) is 19.7 Å². The van der Waals surface area contributed by atoms with Crippen LogP contribution in [0.2, 0.25) is 0 Å². The van der Waals surface area contributed by atoms with Gasteiger partial charge in [-0.3, -0.25) is 24.5 Å². The quantitative estimate of drug-likeness (QED) is 0.311. The predicted molar refractivity (Wildman–Crippen MR) is 122 cm³/mol. The number of nitro groups is 1. The second kappa shape index (κ2) is 9.06. The Labute approximate surface area is 196 Å². The fourth-order valence-electron chi connectivity index (χ4n) is 3.83. The molecular weight excluding hydrogens is 460 g/mol. The highest BCUT2D eigenvalue weighted by Gasteiger charge is 2.39. The Morgan fingerprint density at radius 1 is 1.20 bits per heavy atom. The molecule has 0 aliphatic carbocycles. The SMILES string of the molecule is Cc1cn([C@H]2C[C@H](Oc3ccc([N+](=O)[O-])cc3)[C@@H](COc3nc4ccccc4o3)O2)c(=O)[nH]c1=O. The lowest BCUT2D eigenvalue weighted by Gasteiger charge is -2.19. The molecule has 1 aliphatic rings. The summed E-state index contributed by atoms with van der Waals surface area (Å²) in [5, 5.41) is 10.9. The lowest BCUT2D eigenvalue weighted by atomic mass is 10.2. The van der Waals surface area contributed by atoms with Crippen LogP contribution in [0.1, 0.15) is 18.2 Å². The van der Waals surface area contributed by atoms with E-state index in [0.717, 1.165) is 0 Å². The summed E-state index contributed by atoms with van der Waals surface area (Å²) in [5.41, 5.74) is 0.415. The van der Waals surface area contributed by atoms with E-state index < -0.39 is 34.6 Å². The van der Waals surface area contributed by atoms with E-state index in [1.807, 2.05) is 12.1 Å². The molecule has 0 amide bonds. The Balaban J connectivity index is 1.38. The smallest absolute Gasteiger partial charge is 0.394 e. The van der Waals surface area contributed by atoms with Crippen LogP contribution in [0.5, 0.6) is 11.8 Å². The van der Waals surface area contributed by atoms with Gasteiger partial charge in [-0.25, -0.2) is 4.79 Å². The Hall–Kier alpha value is -4.45. The summed E-state index contributed by atoms with van der Waals surface area (Å²) in [6.45, 7) is 1.58. The highest BCUT2D eigenvalue weighted by molar-refractivity contribution is 5.72. The van der Waals surface area contributed by atoms with Crippen molar-refractivity contribution < 1.29 is 23.6 Å². The number of nitrogens with one attached hydrogen (secondary N) is 1. The Morgan fingerprint density at radius 2 is 1.97 bits per heavy atom. The van der Waals surface area contributed by atoms with Crippen molar-refractivity contribution in [1.29, 1.82) is 0 Å². The summed E-state index contributed by atoms with van der Waals surface area (Å²) in [4.78, 5) is 41.1. The molecule has 0 spiro atoms. The number of hydrogen-bond acceptors (Lipinski definition) is 9. The Kier molecular flexibility index (Phi) is 5.79. The molecule has 35 heavy (non-hydrogen) atoms. The number of oxazole rings is 1. The van der Waals surface area contributed by atoms with Gasteiger partial charge in [-0.15, -0.1) is 0 Å². The van der Waals surface area contributed by atoms with Gasteiger partial charge in [-0.1, -0.05) is 12.1 Å². The van der Waals surface area contributed by atoms with Crippen LogP contribution < -0.4 is 20.7 Å². The van der Waals surface area contributed by atoms with Gasteiger partial charge in [0, 0.05) is 30.3 Å². The van der Waals surface area contributed by atoms with Crippen LogP contribution in [0, 0.1) is 17.0 Å². The highest BCUT2D eigenvalue weighted by atomic mass is 16.6. The largest absolute Gasteiger partial charge is 0.487 e. The van der Waals surface area contributed by atoms with Crippen molar-refractivity contribution in [2.45, 2.75) is 31.8 Å². The molecule has 3 heterocycles. The topological polar surface area (TPSA) is 152 Å². The van der Waals surface area contributed by atoms with Crippen LogP contribution >= 0.6 is 0 Å². The minimum absolute atomic E-state index is 0.00193. The zero-order chi connectivity index (χ0) is 24.5. The van der Waals surface area contributed by atoms with E-state index in [1.54, 1.807) is 19.1 Å². The molecule has 1 fully saturated rings. The summed E-state index contributed by atoms with van der Waals surface area (Å²) >= 11 is 0. The number of aryl methyl sites for hydroxylation is 1. The number of hydrogen-bond donors (Lipinski definition) is 1. The van der Waals surface area contributed by atoms with Gasteiger partial charge >= 0.3 is 11.8 Å². The van der Waals surface area contributed by atoms with Crippen molar-refractivity contribution in [2.75, 3.05) is 6.61 Å². The Bertz CT molecular complexity index is 1460. The van der Waals surface area contributed by atoms with Crippen molar-refractivity contribution in [3.8, 4) is 11.8 Å². The van der Waals surface area contributed by atoms with Gasteiger partial charge in [0.1, 0.15) is 36.3 Å². The summed E-state index contributed by atoms with van der Waals surface area (Å²) in [7, 11) is 0. The molecule has 0 bridgehead atoms. The maximum Gasteiger partial charge on any atom is 0.394 e. The van der Waals surface area contributed by atoms with Gasteiger partial charge in [0.05, 0.1) is 4.92 Å². The monoisotopic (exact) mass is 480 g/mol. The minimum atomic E-state index is -0.738. The number of ether oxygens (including phenoxy) is 3. The summed E-state index contributed by atoms with van der Waals surface area (Å²) in [6, 6.07) is 12.9. The van der Waals surface area contributed by atoms with E-state index in [-0.39, 0.29) is 24.8 Å². The van der Waals surface area contributed by atoms with Gasteiger partial charge < -0.3 is 18.6 Å². The van der Waals surface area contributed by atoms with Gasteiger partial charge in [0.15, 0.2) is 5.58 Å². The van der Waals surface area contributed by atoms with Crippen LogP contribution in [0.15, 0.2) is 68.7 Å². The number of rotatable bonds is 7. The molecule has 4 aromatic rings. The summed E-state index contributed by atoms with van der Waals surface area (Å²) in [6.07, 6.45) is -0.222. The number of benzene rings is 2. The number of nitro benzene ring substituents is 1. The number of para-hydroxylation sites is 2. The number of fused-ring (bicyclic) bond motifs is 1. The summed E-state index contributed by atoms with van der Waals surface area (Å²) in [5.74, 6) is 0.390. The van der Waals surface area contributed by atoms with E-state index in [2.05, 4.69) is 9.97 Å². The highest BCUT2D eigenvalue weighted by Crippen LogP contribution is 2.32. The fraction of sp³-hybridized carbons (Fsp3) is 0.261. The van der Waals surface area contributed by atoms with E-state index in [4.69, 9.17) is 18.6 Å². The number of aromatic amines is 1.